The highest BCUT2D eigenvalue weighted by Crippen LogP contribution is 2.32. The van der Waals surface area contributed by atoms with Crippen LogP contribution in [0.3, 0.4) is 0 Å². The molecule has 2 N–H and O–H groups in total. The number of anilines is 4. The number of nitrogens with one attached hydrogen (secondary N) is 2. The van der Waals surface area contributed by atoms with Crippen LogP contribution in [0, 0.1) is 13.8 Å². The van der Waals surface area contributed by atoms with Crippen LogP contribution in [-0.2, 0) is 12.4 Å². The van der Waals surface area contributed by atoms with Gasteiger partial charge in [0.25, 0.3) is 0 Å². The fourth-order valence-corrected chi connectivity index (χ4v) is 6.08. The van der Waals surface area contributed by atoms with Crippen LogP contribution in [0.5, 0.6) is 0 Å². The van der Waals surface area contributed by atoms with Crippen LogP contribution < -0.4 is 10.6 Å². The highest BCUT2D eigenvalue weighted by atomic mass is 35.5. The Balaban J connectivity index is 0.000000172. The van der Waals surface area contributed by atoms with Gasteiger partial charge in [0.15, 0.2) is 23.3 Å². The van der Waals surface area contributed by atoms with Crippen LogP contribution in [0.1, 0.15) is 22.8 Å². The monoisotopic (exact) mass is 806 g/mol. The molecule has 0 saturated carbocycles. The summed E-state index contributed by atoms with van der Waals surface area (Å²) in [5, 5.41) is 7.08. The Morgan fingerprint density at radius 2 is 0.946 bits per heavy atom. The molecule has 56 heavy (non-hydrogen) atoms. The lowest BCUT2D eigenvalue weighted by Crippen LogP contribution is -2.05. The van der Waals surface area contributed by atoms with E-state index in [9.17, 15) is 26.3 Å². The van der Waals surface area contributed by atoms with Gasteiger partial charge < -0.3 is 10.6 Å². The molecule has 18 heteroatoms. The van der Waals surface area contributed by atoms with Crippen molar-refractivity contribution in [3.05, 3.63) is 143 Å². The van der Waals surface area contributed by atoms with Crippen LogP contribution in [-0.4, -0.2) is 39.0 Å². The number of aryl methyl sites for hydroxylation is 2. The lowest BCUT2D eigenvalue weighted by atomic mass is 10.2. The Kier molecular flexibility index (Phi) is 10.3. The first-order valence-corrected chi connectivity index (χ1v) is 17.2. The second-order valence-electron chi connectivity index (χ2n) is 12.2. The first kappa shape index (κ1) is 38.0. The van der Waals surface area contributed by atoms with Crippen molar-refractivity contribution < 1.29 is 26.3 Å². The zero-order chi connectivity index (χ0) is 39.8. The third-order valence-corrected chi connectivity index (χ3v) is 8.71. The van der Waals surface area contributed by atoms with Crippen LogP contribution in [0.2, 0.25) is 10.0 Å². The Morgan fingerprint density at radius 1 is 0.500 bits per heavy atom. The number of halogens is 8. The molecule has 0 radical (unpaired) electrons. The smallest absolute Gasteiger partial charge is 0.339 e. The molecule has 4 aromatic heterocycles. The molecule has 8 rings (SSSR count). The lowest BCUT2D eigenvalue weighted by molar-refractivity contribution is -0.138. The number of alkyl halides is 6. The molecule has 0 aliphatic rings. The number of benzene rings is 4. The number of nitrogens with zero attached hydrogens (tertiary/aromatic N) is 8. The summed E-state index contributed by atoms with van der Waals surface area (Å²) in [6.07, 6.45) is -2.61. The molecule has 0 saturated heterocycles. The summed E-state index contributed by atoms with van der Waals surface area (Å²) in [7, 11) is 0. The molecule has 0 fully saturated rings. The fourth-order valence-electron chi connectivity index (χ4n) is 5.75. The molecule has 8 aromatic rings. The molecule has 0 bridgehead atoms. The number of hydrogen-bond acceptors (Lipinski definition) is 8. The number of imidazole rings is 2. The van der Waals surface area contributed by atoms with Gasteiger partial charge in [-0.3, -0.25) is 19.1 Å². The van der Waals surface area contributed by atoms with Gasteiger partial charge in [-0.2, -0.15) is 26.3 Å². The quantitative estimate of drug-likeness (QED) is 0.160. The van der Waals surface area contributed by atoms with Gasteiger partial charge >= 0.3 is 12.4 Å². The van der Waals surface area contributed by atoms with Gasteiger partial charge in [-0.05, 0) is 98.8 Å². The van der Waals surface area contributed by atoms with Gasteiger partial charge in [0, 0.05) is 21.4 Å². The Labute approximate surface area is 323 Å². The molecule has 0 aliphatic heterocycles. The van der Waals surface area contributed by atoms with E-state index < -0.39 is 23.5 Å². The van der Waals surface area contributed by atoms with E-state index in [0.717, 1.165) is 46.3 Å². The average molecular weight is 808 g/mol. The lowest BCUT2D eigenvalue weighted by Gasteiger charge is -2.11. The largest absolute Gasteiger partial charge is 0.416 e. The molecule has 4 heterocycles. The van der Waals surface area contributed by atoms with E-state index in [4.69, 9.17) is 23.2 Å². The third-order valence-electron chi connectivity index (χ3n) is 8.24. The zero-order valence-corrected chi connectivity index (χ0v) is 30.5. The van der Waals surface area contributed by atoms with Crippen LogP contribution in [0.4, 0.5) is 49.4 Å². The summed E-state index contributed by atoms with van der Waals surface area (Å²) in [5.41, 5.74) is 2.62. The summed E-state index contributed by atoms with van der Waals surface area (Å²) < 4.78 is 79.8. The van der Waals surface area contributed by atoms with E-state index in [-0.39, 0.29) is 0 Å². The van der Waals surface area contributed by atoms with E-state index in [1.165, 1.54) is 36.7 Å². The molecule has 4 aromatic carbocycles. The van der Waals surface area contributed by atoms with Crippen molar-refractivity contribution >= 4 is 68.3 Å². The van der Waals surface area contributed by atoms with E-state index in [0.29, 0.717) is 56.3 Å². The summed E-state index contributed by atoms with van der Waals surface area (Å²) in [6, 6.07) is 20.1. The van der Waals surface area contributed by atoms with Gasteiger partial charge in [-0.25, -0.2) is 19.9 Å². The Hall–Kier alpha value is -6.26. The van der Waals surface area contributed by atoms with Crippen molar-refractivity contribution in [1.29, 1.82) is 0 Å². The maximum atomic E-state index is 12.7. The molecule has 0 unspecified atom stereocenters. The minimum Gasteiger partial charge on any atom is -0.339 e. The SMILES string of the molecule is Cc1nc2cc(Cl)ccc2n1-c1cncc(Nc2ccc(C(F)(F)F)cc2)n1.Cc1nc2ccc(Cl)cc2n1-c1cncc(Nc2ccc(C(F)(F)F)cc2)n1. The van der Waals surface area contributed by atoms with Crippen molar-refractivity contribution in [2.24, 2.45) is 0 Å². The topological polar surface area (TPSA) is 111 Å². The predicted octanol–water partition coefficient (Wildman–Crippen LogP) is 11.1. The van der Waals surface area contributed by atoms with Crippen molar-refractivity contribution in [3.8, 4) is 11.6 Å². The van der Waals surface area contributed by atoms with Gasteiger partial charge in [0.05, 0.1) is 58.0 Å². The summed E-state index contributed by atoms with van der Waals surface area (Å²) >= 11 is 12.1. The minimum atomic E-state index is -4.38. The maximum Gasteiger partial charge on any atom is 0.416 e. The van der Waals surface area contributed by atoms with Crippen molar-refractivity contribution in [2.45, 2.75) is 26.2 Å². The number of hydrogen-bond donors (Lipinski definition) is 2. The number of rotatable bonds is 6. The van der Waals surface area contributed by atoms with Gasteiger partial charge in [-0.1, -0.05) is 23.2 Å². The molecule has 0 spiro atoms. The Bertz CT molecular complexity index is 2680. The minimum absolute atomic E-state index is 0.389. The van der Waals surface area contributed by atoms with Gasteiger partial charge in [0.1, 0.15) is 11.6 Å². The maximum absolute atomic E-state index is 12.7. The summed E-state index contributed by atoms with van der Waals surface area (Å²) in [4.78, 5) is 26.3. The first-order valence-electron chi connectivity index (χ1n) is 16.4. The summed E-state index contributed by atoms with van der Waals surface area (Å²) in [6.45, 7) is 3.68. The normalized spacial score (nSPS) is 11.8. The number of fused-ring (bicyclic) bond motifs is 2. The van der Waals surface area contributed by atoms with Crippen LogP contribution in [0.25, 0.3) is 33.7 Å². The molecule has 0 aliphatic carbocycles. The highest BCUT2D eigenvalue weighted by molar-refractivity contribution is 6.31. The van der Waals surface area contributed by atoms with Gasteiger partial charge in [-0.15, -0.1) is 0 Å². The van der Waals surface area contributed by atoms with Crippen LogP contribution >= 0.6 is 23.2 Å². The van der Waals surface area contributed by atoms with Crippen molar-refractivity contribution in [2.75, 3.05) is 10.6 Å². The van der Waals surface area contributed by atoms with E-state index in [1.807, 2.05) is 35.1 Å². The van der Waals surface area contributed by atoms with Crippen molar-refractivity contribution in [3.63, 3.8) is 0 Å². The number of aromatic nitrogens is 8. The summed E-state index contributed by atoms with van der Waals surface area (Å²) in [5.74, 6) is 3.24. The van der Waals surface area contributed by atoms with E-state index >= 15 is 0 Å². The van der Waals surface area contributed by atoms with Crippen molar-refractivity contribution in [1.82, 2.24) is 39.0 Å². The highest BCUT2D eigenvalue weighted by Gasteiger charge is 2.30. The van der Waals surface area contributed by atoms with E-state index in [1.54, 1.807) is 36.7 Å². The second-order valence-corrected chi connectivity index (χ2v) is 13.1. The molecule has 0 atom stereocenters. The van der Waals surface area contributed by atoms with Crippen LogP contribution in [0.15, 0.2) is 110 Å². The third kappa shape index (κ3) is 8.35. The molecule has 284 valence electrons. The average Bonchev–Trinajstić information content (AvgIpc) is 3.65. The van der Waals surface area contributed by atoms with Gasteiger partial charge in [0.2, 0.25) is 0 Å². The Morgan fingerprint density at radius 3 is 1.45 bits per heavy atom. The molecule has 0 amide bonds. The molecule has 10 nitrogen and oxygen atoms in total. The first-order chi connectivity index (χ1) is 26.6. The zero-order valence-electron chi connectivity index (χ0n) is 29.0. The molecular weight excluding hydrogens is 781 g/mol. The fraction of sp³-hybridized carbons (Fsp3) is 0.105. The standard InChI is InChI=1S/2C19H13ClF3N5/c1-11-25-15-8-13(20)4-7-16(15)28(11)18-10-24-9-17(27-18)26-14-5-2-12(3-6-14)19(21,22)23;1-11-25-15-7-4-13(20)8-16(15)28(11)18-10-24-9-17(27-18)26-14-5-2-12(3-6-14)19(21,22)23/h2*2-10H,1H3,(H,26,27). The van der Waals surface area contributed by atoms with E-state index in [2.05, 4.69) is 40.5 Å². The molecular formula is C38H26Cl2F6N10. The second kappa shape index (κ2) is 15.1. The predicted molar refractivity (Wildman–Crippen MR) is 202 cm³/mol.